The fourth-order valence-electron chi connectivity index (χ4n) is 2.37. The quantitative estimate of drug-likeness (QED) is 0.320. The van der Waals surface area contributed by atoms with Gasteiger partial charge in [0.1, 0.15) is 0 Å². The average molecular weight is 460 g/mol. The molecule has 0 N–H and O–H groups in total. The highest BCUT2D eigenvalue weighted by atomic mass is 35.5. The molecule has 1 unspecified atom stereocenters. The first kappa shape index (κ1) is 22.4. The number of aromatic nitrogens is 2. The molecule has 2 aromatic carbocycles. The van der Waals surface area contributed by atoms with Crippen LogP contribution in [-0.2, 0) is 12.3 Å². The third kappa shape index (κ3) is 7.59. The van der Waals surface area contributed by atoms with Crippen molar-refractivity contribution in [2.45, 2.75) is 17.5 Å². The van der Waals surface area contributed by atoms with Gasteiger partial charge >= 0.3 is 0 Å². The zero-order valence-electron chi connectivity index (χ0n) is 14.4. The Bertz CT molecular complexity index is 889. The van der Waals surface area contributed by atoms with Crippen LogP contribution in [0.5, 0.6) is 0 Å². The van der Waals surface area contributed by atoms with Crippen LogP contribution < -0.4 is 0 Å². The van der Waals surface area contributed by atoms with Crippen molar-refractivity contribution in [3.05, 3.63) is 103 Å². The van der Waals surface area contributed by atoms with Gasteiger partial charge in [0.15, 0.2) is 0 Å². The Balaban J connectivity index is 0.000000640. The molecule has 3 rings (SSSR count). The van der Waals surface area contributed by atoms with Crippen molar-refractivity contribution in [2.24, 2.45) is 0 Å². The van der Waals surface area contributed by atoms with Crippen LogP contribution in [-0.4, -0.2) is 14.6 Å². The van der Waals surface area contributed by atoms with E-state index in [2.05, 4.69) is 9.55 Å². The topological polar surface area (TPSA) is 84.0 Å². The summed E-state index contributed by atoms with van der Waals surface area (Å²) in [6, 6.07) is 13.6. The van der Waals surface area contributed by atoms with Crippen molar-refractivity contribution in [1.82, 2.24) is 9.55 Å². The molecule has 1 atom stereocenters. The van der Waals surface area contributed by atoms with Gasteiger partial charge < -0.3 is 19.9 Å². The Morgan fingerprint density at radius 2 is 1.71 bits per heavy atom. The number of hydrogen-bond acceptors (Lipinski definition) is 5. The van der Waals surface area contributed by atoms with Gasteiger partial charge in [-0.05, 0) is 35.4 Å². The molecular formula is C18H15Cl3N3O3S-. The van der Waals surface area contributed by atoms with Gasteiger partial charge in [-0.15, -0.1) is 11.8 Å². The average Bonchev–Trinajstić information content (AvgIpc) is 3.13. The monoisotopic (exact) mass is 458 g/mol. The van der Waals surface area contributed by atoms with Crippen LogP contribution in [0, 0.1) is 15.3 Å². The molecule has 0 aliphatic carbocycles. The van der Waals surface area contributed by atoms with Gasteiger partial charge in [0.05, 0.1) is 11.4 Å². The summed E-state index contributed by atoms with van der Waals surface area (Å²) in [6.07, 6.45) is 5.56. The second-order valence-corrected chi connectivity index (χ2v) is 8.05. The van der Waals surface area contributed by atoms with E-state index in [1.165, 1.54) is 5.56 Å². The molecule has 0 fully saturated rings. The highest BCUT2D eigenvalue weighted by molar-refractivity contribution is 7.98. The van der Waals surface area contributed by atoms with E-state index < -0.39 is 5.09 Å². The first-order chi connectivity index (χ1) is 13.3. The molecule has 1 aromatic heterocycles. The molecule has 0 amide bonds. The smallest absolute Gasteiger partial charge is 0.0946 e. The molecule has 1 heterocycles. The Morgan fingerprint density at radius 1 is 1.07 bits per heavy atom. The molecular weight excluding hydrogens is 445 g/mol. The number of rotatable bonds is 6. The van der Waals surface area contributed by atoms with Gasteiger partial charge in [0.2, 0.25) is 0 Å². The minimum Gasteiger partial charge on any atom is -0.356 e. The van der Waals surface area contributed by atoms with Crippen LogP contribution in [0.3, 0.4) is 0 Å². The summed E-state index contributed by atoms with van der Waals surface area (Å²) in [5.41, 5.74) is 2.30. The van der Waals surface area contributed by atoms with Crippen LogP contribution >= 0.6 is 46.6 Å². The van der Waals surface area contributed by atoms with Crippen LogP contribution in [0.4, 0.5) is 0 Å². The molecule has 0 saturated heterocycles. The Labute approximate surface area is 181 Å². The standard InChI is InChI=1S/C18H15Cl3N2S.NO3/c19-14-3-1-13(2-4-14)11-24-18(10-23-8-7-22-12-23)16-6-5-15(20)9-17(16)21;2-1(3)4/h1-9,12,18H,10-11H2;/q;-1. The summed E-state index contributed by atoms with van der Waals surface area (Å²) >= 11 is 20.2. The summed E-state index contributed by atoms with van der Waals surface area (Å²) in [4.78, 5) is 12.4. The summed E-state index contributed by atoms with van der Waals surface area (Å²) < 4.78 is 2.06. The number of benzene rings is 2. The molecule has 0 spiro atoms. The van der Waals surface area contributed by atoms with Crippen LogP contribution in [0.2, 0.25) is 15.1 Å². The summed E-state index contributed by atoms with van der Waals surface area (Å²) in [5.74, 6) is 0.871. The van der Waals surface area contributed by atoms with Gasteiger partial charge in [-0.1, -0.05) is 53.0 Å². The summed E-state index contributed by atoms with van der Waals surface area (Å²) in [5, 5.41) is 17.0. The summed E-state index contributed by atoms with van der Waals surface area (Å²) in [7, 11) is 0. The van der Waals surface area contributed by atoms with Crippen molar-refractivity contribution in [1.29, 1.82) is 0 Å². The molecule has 0 radical (unpaired) electrons. The lowest BCUT2D eigenvalue weighted by Crippen LogP contribution is -2.06. The predicted molar refractivity (Wildman–Crippen MR) is 115 cm³/mol. The second-order valence-electron chi connectivity index (χ2n) is 5.58. The van der Waals surface area contributed by atoms with E-state index in [1.807, 2.05) is 60.7 Å². The van der Waals surface area contributed by atoms with E-state index in [9.17, 15) is 0 Å². The van der Waals surface area contributed by atoms with Crippen molar-refractivity contribution in [3.63, 3.8) is 0 Å². The van der Waals surface area contributed by atoms with Crippen molar-refractivity contribution in [2.75, 3.05) is 0 Å². The third-order valence-electron chi connectivity index (χ3n) is 3.61. The molecule has 6 nitrogen and oxygen atoms in total. The first-order valence-electron chi connectivity index (χ1n) is 7.93. The first-order valence-corrected chi connectivity index (χ1v) is 10.1. The second kappa shape index (κ2) is 11.2. The van der Waals surface area contributed by atoms with E-state index in [-0.39, 0.29) is 5.25 Å². The number of imidazole rings is 1. The molecule has 28 heavy (non-hydrogen) atoms. The predicted octanol–water partition coefficient (Wildman–Crippen LogP) is 6.28. The van der Waals surface area contributed by atoms with Gasteiger partial charge in [0, 0.05) is 45.0 Å². The number of halogens is 3. The largest absolute Gasteiger partial charge is 0.356 e. The fourth-order valence-corrected chi connectivity index (χ4v) is 4.35. The molecule has 0 saturated carbocycles. The Kier molecular flexibility index (Phi) is 8.92. The van der Waals surface area contributed by atoms with E-state index >= 15 is 0 Å². The minimum atomic E-state index is -1.75. The van der Waals surface area contributed by atoms with E-state index in [1.54, 1.807) is 12.3 Å². The molecule has 3 aromatic rings. The molecule has 148 valence electrons. The maximum atomic E-state index is 8.25. The maximum absolute atomic E-state index is 8.25. The highest BCUT2D eigenvalue weighted by Crippen LogP contribution is 2.38. The lowest BCUT2D eigenvalue weighted by atomic mass is 10.1. The van der Waals surface area contributed by atoms with Gasteiger partial charge in [-0.3, -0.25) is 0 Å². The van der Waals surface area contributed by atoms with Crippen molar-refractivity contribution < 1.29 is 5.09 Å². The van der Waals surface area contributed by atoms with E-state index in [0.717, 1.165) is 22.9 Å². The number of hydrogen-bond donors (Lipinski definition) is 0. The van der Waals surface area contributed by atoms with Gasteiger partial charge in [-0.25, -0.2) is 4.98 Å². The summed E-state index contributed by atoms with van der Waals surface area (Å²) in [6.45, 7) is 0.791. The zero-order chi connectivity index (χ0) is 20.5. The molecule has 0 aliphatic rings. The van der Waals surface area contributed by atoms with E-state index in [0.29, 0.717) is 10.0 Å². The van der Waals surface area contributed by atoms with Crippen molar-refractivity contribution >= 4 is 46.6 Å². The molecule has 0 aliphatic heterocycles. The normalized spacial score (nSPS) is 11.4. The minimum absolute atomic E-state index is 0.194. The van der Waals surface area contributed by atoms with Gasteiger partial charge in [-0.2, -0.15) is 0 Å². The third-order valence-corrected chi connectivity index (χ3v) is 5.73. The van der Waals surface area contributed by atoms with Crippen LogP contribution in [0.1, 0.15) is 16.4 Å². The Morgan fingerprint density at radius 3 is 2.29 bits per heavy atom. The number of nitrogens with zero attached hydrogens (tertiary/aromatic N) is 3. The van der Waals surface area contributed by atoms with Crippen molar-refractivity contribution in [3.8, 4) is 0 Å². The fraction of sp³-hybridized carbons (Fsp3) is 0.167. The SMILES string of the molecule is Clc1ccc(CSC(Cn2ccnc2)c2ccc(Cl)cc2Cl)cc1.O=[N+]([O-])[O-]. The lowest BCUT2D eigenvalue weighted by Gasteiger charge is -2.19. The number of thioether (sulfide) groups is 1. The van der Waals surface area contributed by atoms with Gasteiger partial charge in [0.25, 0.3) is 0 Å². The lowest BCUT2D eigenvalue weighted by molar-refractivity contribution is -0.402. The zero-order valence-corrected chi connectivity index (χ0v) is 17.5. The van der Waals surface area contributed by atoms with Crippen LogP contribution in [0.15, 0.2) is 61.2 Å². The Hall–Kier alpha value is -1.93. The maximum Gasteiger partial charge on any atom is 0.0946 e. The van der Waals surface area contributed by atoms with Crippen LogP contribution in [0.25, 0.3) is 0 Å². The molecule has 10 heteroatoms. The highest BCUT2D eigenvalue weighted by Gasteiger charge is 2.17. The molecule has 0 bridgehead atoms. The van der Waals surface area contributed by atoms with E-state index in [4.69, 9.17) is 50.1 Å².